The molecule has 2 aromatic rings. The van der Waals surface area contributed by atoms with Gasteiger partial charge in [0.15, 0.2) is 11.5 Å². The van der Waals surface area contributed by atoms with Crippen LogP contribution in [0, 0.1) is 11.3 Å². The minimum atomic E-state index is -0.265. The molecule has 0 bridgehead atoms. The maximum absolute atomic E-state index is 13.1. The summed E-state index contributed by atoms with van der Waals surface area (Å²) in [5.74, 6) is 2.35. The van der Waals surface area contributed by atoms with Crippen molar-refractivity contribution >= 4 is 23.4 Å². The van der Waals surface area contributed by atoms with Gasteiger partial charge in [-0.1, -0.05) is 23.9 Å². The van der Waals surface area contributed by atoms with E-state index in [4.69, 9.17) is 14.2 Å². The highest BCUT2D eigenvalue weighted by atomic mass is 32.2. The summed E-state index contributed by atoms with van der Waals surface area (Å²) in [5, 5.41) is 10.7. The first-order chi connectivity index (χ1) is 15.1. The fraction of sp³-hybridized carbons (Fsp3) is 0.304. The van der Waals surface area contributed by atoms with Crippen LogP contribution in [0.5, 0.6) is 17.2 Å². The van der Waals surface area contributed by atoms with Crippen LogP contribution in [-0.4, -0.2) is 44.7 Å². The van der Waals surface area contributed by atoms with Crippen molar-refractivity contribution in [1.82, 2.24) is 4.90 Å². The number of hydrogen-bond acceptors (Lipinski definition) is 7. The molecular weight excluding hydrogens is 414 g/mol. The van der Waals surface area contributed by atoms with Gasteiger partial charge in [-0.25, -0.2) is 0 Å². The number of thioether (sulfide) groups is 1. The molecule has 1 fully saturated rings. The zero-order valence-corrected chi connectivity index (χ0v) is 18.4. The molecule has 0 spiro atoms. The minimum absolute atomic E-state index is 0.000466. The predicted molar refractivity (Wildman–Crippen MR) is 119 cm³/mol. The number of nitriles is 1. The van der Waals surface area contributed by atoms with Gasteiger partial charge in [0.1, 0.15) is 5.75 Å². The first-order valence-electron chi connectivity index (χ1n) is 9.78. The molecule has 2 aromatic carbocycles. The lowest BCUT2D eigenvalue weighted by atomic mass is 9.86. The number of ether oxygens (including phenoxy) is 3. The molecule has 2 heterocycles. The van der Waals surface area contributed by atoms with Crippen molar-refractivity contribution in [3.05, 3.63) is 58.6 Å². The Labute approximate surface area is 185 Å². The van der Waals surface area contributed by atoms with Gasteiger partial charge < -0.3 is 19.1 Å². The molecular formula is C23H23N3O4S. The first kappa shape index (κ1) is 20.9. The number of anilines is 1. The number of methoxy groups -OCH3 is 3. The zero-order chi connectivity index (χ0) is 22.0. The van der Waals surface area contributed by atoms with Crippen LogP contribution in [0.4, 0.5) is 5.69 Å². The van der Waals surface area contributed by atoms with Crippen molar-refractivity contribution < 1.29 is 19.0 Å². The lowest BCUT2D eigenvalue weighted by Gasteiger charge is -2.42. The first-order valence-corrected chi connectivity index (χ1v) is 10.8. The van der Waals surface area contributed by atoms with E-state index >= 15 is 0 Å². The Morgan fingerprint density at radius 2 is 1.87 bits per heavy atom. The average molecular weight is 438 g/mol. The quantitative estimate of drug-likeness (QED) is 0.701. The van der Waals surface area contributed by atoms with Gasteiger partial charge in [-0.05, 0) is 29.8 Å². The summed E-state index contributed by atoms with van der Waals surface area (Å²) >= 11 is 1.50. The van der Waals surface area contributed by atoms with Crippen molar-refractivity contribution in [3.8, 4) is 23.3 Å². The minimum Gasteiger partial charge on any atom is -0.497 e. The number of rotatable bonds is 5. The van der Waals surface area contributed by atoms with Crippen molar-refractivity contribution in [1.29, 1.82) is 5.26 Å². The number of carbonyl (C=O) groups excluding carboxylic acids is 1. The third-order valence-corrected chi connectivity index (χ3v) is 6.68. The number of benzene rings is 2. The van der Waals surface area contributed by atoms with Crippen LogP contribution >= 0.6 is 11.8 Å². The highest BCUT2D eigenvalue weighted by Crippen LogP contribution is 2.44. The number of carbonyl (C=O) groups is 1. The van der Waals surface area contributed by atoms with Crippen LogP contribution in [0.1, 0.15) is 17.9 Å². The molecule has 0 aliphatic carbocycles. The van der Waals surface area contributed by atoms with E-state index in [9.17, 15) is 10.1 Å². The van der Waals surface area contributed by atoms with Gasteiger partial charge in [0, 0.05) is 24.1 Å². The standard InChI is InChI=1S/C23H23N3O4S/c1-28-17-6-4-5-15(9-17)18-11-22(27)26-13-25(14-31-23(26)19(18)12-24)16-7-8-20(29-2)21(10-16)30-3/h4-10,18H,11,13-14H2,1-3H3/t18-/m1/s1. The number of amides is 1. The summed E-state index contributed by atoms with van der Waals surface area (Å²) in [7, 11) is 4.80. The topological polar surface area (TPSA) is 75.0 Å². The molecule has 2 aliphatic heterocycles. The third-order valence-electron chi connectivity index (χ3n) is 5.52. The summed E-state index contributed by atoms with van der Waals surface area (Å²) in [6, 6.07) is 15.6. The molecule has 1 amide bonds. The van der Waals surface area contributed by atoms with Crippen molar-refractivity contribution in [2.45, 2.75) is 12.3 Å². The van der Waals surface area contributed by atoms with Crippen LogP contribution in [0.15, 0.2) is 53.1 Å². The maximum atomic E-state index is 13.1. The van der Waals surface area contributed by atoms with Crippen LogP contribution in [0.2, 0.25) is 0 Å². The molecule has 0 aromatic heterocycles. The molecule has 0 saturated carbocycles. The summed E-state index contributed by atoms with van der Waals surface area (Å²) in [5.41, 5.74) is 2.47. The number of hydrogen-bond donors (Lipinski definition) is 0. The summed E-state index contributed by atoms with van der Waals surface area (Å²) in [6.45, 7) is 0.382. The lowest BCUT2D eigenvalue weighted by Crippen LogP contribution is -2.47. The van der Waals surface area contributed by atoms with Crippen molar-refractivity contribution in [3.63, 3.8) is 0 Å². The number of fused-ring (bicyclic) bond motifs is 1. The Morgan fingerprint density at radius 3 is 2.58 bits per heavy atom. The molecule has 160 valence electrons. The Kier molecular flexibility index (Phi) is 5.96. The maximum Gasteiger partial charge on any atom is 0.229 e. The van der Waals surface area contributed by atoms with Gasteiger partial charge in [0.25, 0.3) is 0 Å². The molecule has 0 N–H and O–H groups in total. The summed E-state index contributed by atoms with van der Waals surface area (Å²) in [6.07, 6.45) is 0.250. The highest BCUT2D eigenvalue weighted by molar-refractivity contribution is 8.03. The molecule has 1 saturated heterocycles. The van der Waals surface area contributed by atoms with Gasteiger partial charge in [0.05, 0.1) is 50.5 Å². The Balaban J connectivity index is 1.64. The molecule has 1 atom stereocenters. The monoisotopic (exact) mass is 437 g/mol. The largest absolute Gasteiger partial charge is 0.497 e. The summed E-state index contributed by atoms with van der Waals surface area (Å²) in [4.78, 5) is 16.9. The number of allylic oxidation sites excluding steroid dienone is 1. The molecule has 0 radical (unpaired) electrons. The molecule has 31 heavy (non-hydrogen) atoms. The molecule has 4 rings (SSSR count). The van der Waals surface area contributed by atoms with Gasteiger partial charge >= 0.3 is 0 Å². The van der Waals surface area contributed by atoms with E-state index < -0.39 is 0 Å². The van der Waals surface area contributed by atoms with Gasteiger partial charge in [0.2, 0.25) is 5.91 Å². The summed E-state index contributed by atoms with van der Waals surface area (Å²) < 4.78 is 16.0. The van der Waals surface area contributed by atoms with Crippen molar-refractivity contribution in [2.24, 2.45) is 0 Å². The van der Waals surface area contributed by atoms with Crippen LogP contribution in [0.25, 0.3) is 0 Å². The van der Waals surface area contributed by atoms with Gasteiger partial charge in [-0.15, -0.1) is 0 Å². The molecule has 2 aliphatic rings. The van der Waals surface area contributed by atoms with Crippen LogP contribution in [-0.2, 0) is 4.79 Å². The van der Waals surface area contributed by atoms with Crippen molar-refractivity contribution in [2.75, 3.05) is 38.8 Å². The van der Waals surface area contributed by atoms with Crippen LogP contribution < -0.4 is 19.1 Å². The van der Waals surface area contributed by atoms with Crippen LogP contribution in [0.3, 0.4) is 0 Å². The molecule has 8 heteroatoms. The smallest absolute Gasteiger partial charge is 0.229 e. The SMILES string of the molecule is COc1cccc([C@H]2CC(=O)N3CN(c4ccc(OC)c(OC)c4)CSC3=C2C#N)c1. The van der Waals surface area contributed by atoms with E-state index in [1.165, 1.54) is 11.8 Å². The normalized spacial score (nSPS) is 18.4. The van der Waals surface area contributed by atoms with Gasteiger partial charge in [-0.2, -0.15) is 5.26 Å². The van der Waals surface area contributed by atoms with E-state index in [1.54, 1.807) is 26.2 Å². The highest BCUT2D eigenvalue weighted by Gasteiger charge is 2.38. The van der Waals surface area contributed by atoms with E-state index in [0.29, 0.717) is 35.4 Å². The third kappa shape index (κ3) is 3.89. The Morgan fingerprint density at radius 1 is 1.06 bits per heavy atom. The van der Waals surface area contributed by atoms with Gasteiger partial charge in [-0.3, -0.25) is 9.69 Å². The number of nitrogens with zero attached hydrogens (tertiary/aromatic N) is 3. The average Bonchev–Trinajstić information content (AvgIpc) is 2.83. The second kappa shape index (κ2) is 8.82. The Bertz CT molecular complexity index is 1080. The van der Waals surface area contributed by atoms with E-state index in [1.807, 2.05) is 42.5 Å². The molecule has 0 unspecified atom stereocenters. The zero-order valence-electron chi connectivity index (χ0n) is 17.6. The lowest BCUT2D eigenvalue weighted by molar-refractivity contribution is -0.129. The molecule has 7 nitrogen and oxygen atoms in total. The van der Waals surface area contributed by atoms with E-state index in [-0.39, 0.29) is 18.2 Å². The Hall–Kier alpha value is -3.31. The van der Waals surface area contributed by atoms with E-state index in [0.717, 1.165) is 16.3 Å². The second-order valence-corrected chi connectivity index (χ2v) is 8.11. The second-order valence-electron chi connectivity index (χ2n) is 7.18. The fourth-order valence-electron chi connectivity index (χ4n) is 3.89. The fourth-order valence-corrected chi connectivity index (χ4v) is 5.06. The van der Waals surface area contributed by atoms with E-state index in [2.05, 4.69) is 11.0 Å². The predicted octanol–water partition coefficient (Wildman–Crippen LogP) is 3.93.